The fourth-order valence-corrected chi connectivity index (χ4v) is 17.5. The van der Waals surface area contributed by atoms with Gasteiger partial charge in [0.1, 0.15) is 53.9 Å². The van der Waals surface area contributed by atoms with Crippen molar-refractivity contribution in [2.45, 2.75) is 280 Å². The van der Waals surface area contributed by atoms with E-state index in [1.54, 1.807) is 11.8 Å². The summed E-state index contributed by atoms with van der Waals surface area (Å²) in [5.41, 5.74) is -1.55. The summed E-state index contributed by atoms with van der Waals surface area (Å²) in [4.78, 5) is 192. The predicted molar refractivity (Wildman–Crippen MR) is 379 cm³/mol. The van der Waals surface area contributed by atoms with Crippen molar-refractivity contribution in [1.82, 2.24) is 60.0 Å². The van der Waals surface area contributed by atoms with E-state index < -0.39 is 174 Å². The Labute approximate surface area is 608 Å². The molecule has 3 saturated heterocycles. The molecule has 4 aliphatic carbocycles. The van der Waals surface area contributed by atoms with Gasteiger partial charge < -0.3 is 60.0 Å². The van der Waals surface area contributed by atoms with Crippen molar-refractivity contribution in [2.24, 2.45) is 35.5 Å². The van der Waals surface area contributed by atoms with Crippen molar-refractivity contribution in [2.75, 3.05) is 82.1 Å². The topological polar surface area (TPSA) is 270 Å². The van der Waals surface area contributed by atoms with Crippen LogP contribution < -0.4 is 16.0 Å². The first-order chi connectivity index (χ1) is 48.1. The van der Waals surface area contributed by atoms with E-state index >= 15 is 33.6 Å². The zero-order valence-corrected chi connectivity index (χ0v) is 63.7. The molecule has 7 rings (SSSR count). The summed E-state index contributed by atoms with van der Waals surface area (Å²) in [5.74, 6) is -10.5. The minimum atomic E-state index is -4.51. The smallest absolute Gasteiger partial charge is 0.343 e. The van der Waals surface area contributed by atoms with Crippen molar-refractivity contribution in [3.05, 3.63) is 0 Å². The highest BCUT2D eigenvalue weighted by molar-refractivity contribution is 6.21. The van der Waals surface area contributed by atoms with E-state index in [9.17, 15) is 37.1 Å². The van der Waals surface area contributed by atoms with Gasteiger partial charge in [-0.05, 0) is 139 Å². The lowest BCUT2D eigenvalue weighted by atomic mass is 9.78. The van der Waals surface area contributed by atoms with Gasteiger partial charge in [0, 0.05) is 74.3 Å². The van der Waals surface area contributed by atoms with Crippen LogP contribution in [-0.2, 0) is 57.5 Å². The molecule has 24 nitrogen and oxygen atoms in total. The van der Waals surface area contributed by atoms with Crippen LogP contribution in [0.3, 0.4) is 0 Å². The molecule has 3 heterocycles. The average Bonchev–Trinajstić information content (AvgIpc) is 1.49. The van der Waals surface area contributed by atoms with Gasteiger partial charge in [-0.1, -0.05) is 98.3 Å². The van der Waals surface area contributed by atoms with Gasteiger partial charge >= 0.3 is 6.18 Å². The summed E-state index contributed by atoms with van der Waals surface area (Å²) >= 11 is 6.43. The van der Waals surface area contributed by atoms with Crippen molar-refractivity contribution in [3.63, 3.8) is 0 Å². The molecule has 3 N–H and O–H groups in total. The third kappa shape index (κ3) is 20.6. The zero-order chi connectivity index (χ0) is 75.2. The number of carbonyl (C=O) groups is 12. The van der Waals surface area contributed by atoms with Gasteiger partial charge in [0.15, 0.2) is 0 Å². The molecule has 576 valence electrons. The highest BCUT2D eigenvalue weighted by Crippen LogP contribution is 2.44. The third-order valence-electron chi connectivity index (χ3n) is 24.0. The van der Waals surface area contributed by atoms with Crippen LogP contribution in [0, 0.1) is 35.5 Å². The molecule has 7 fully saturated rings. The van der Waals surface area contributed by atoms with E-state index in [2.05, 4.69) is 16.0 Å². The first-order valence-corrected chi connectivity index (χ1v) is 38.6. The SMILES string of the molecule is CC[C@H](C)[C@@H]1NC(=O)[C@H](CC(C)C)N(C)C(=O)C[C@@H](C(=O)N2CCCCC2)N(C)C(=O)[C@H](C2CCCCC2)N(C)C(=O)C2(CCCC2)NC(=O)[C@@H]2CCCN2C(=O)[C@H](CCC2CCC(C(F)(F)F)C(Cl)C2)NC(=O)[C@H](C)N(C)C(=O)[C@H](CC2CCCCC2)N(C)C(=O)CN(C)C(=O)CN(C)C1=O. The second-order valence-corrected chi connectivity index (χ2v) is 32.2. The maximum atomic E-state index is 15.9. The summed E-state index contributed by atoms with van der Waals surface area (Å²) in [6.45, 7) is 8.65. The van der Waals surface area contributed by atoms with E-state index in [0.29, 0.717) is 64.5 Å². The highest BCUT2D eigenvalue weighted by Gasteiger charge is 2.52. The van der Waals surface area contributed by atoms with Crippen LogP contribution in [-0.4, -0.2) is 262 Å². The van der Waals surface area contributed by atoms with E-state index in [1.165, 1.54) is 85.7 Å². The van der Waals surface area contributed by atoms with E-state index in [-0.39, 0.29) is 88.5 Å². The van der Waals surface area contributed by atoms with E-state index in [1.807, 2.05) is 20.8 Å². The number of halogens is 4. The standard InChI is InChI=1S/C74H120ClF3N12O12/c1-13-47(4)62-70(100)83(7)44-60(92)82(6)45-61(93)86(10)57(42-49-26-17-14-18-27-49)68(98)84(8)48(5)64(94)79-54(34-32-50-31-33-52(53(75)41-50)74(76,77)78)67(97)90-39-25-30-55(90)66(96)81-73(35-21-22-36-73)72(102)88(12)63(51-28-19-15-20-29-51)71(101)87(11)58(69(99)89-37-23-16-24-38-89)43-59(91)85(9)56(40-46(2)3)65(95)80-62/h46-58,62-63H,13-45H2,1-12H3,(H,79,94)(H,80,95)(H,81,96)/t47-,48-,50?,52?,53?,54-,55-,56-,57-,58-,62-,63-/m0/s1. The lowest BCUT2D eigenvalue weighted by Gasteiger charge is -2.43. The quantitative estimate of drug-likeness (QED) is 0.179. The third-order valence-corrected chi connectivity index (χ3v) is 24.5. The molecule has 3 unspecified atom stereocenters. The van der Waals surface area contributed by atoms with Crippen LogP contribution in [0.2, 0.25) is 0 Å². The first kappa shape index (κ1) is 83.0. The van der Waals surface area contributed by atoms with Gasteiger partial charge in [0.25, 0.3) is 0 Å². The van der Waals surface area contributed by atoms with Gasteiger partial charge in [-0.25, -0.2) is 0 Å². The maximum Gasteiger partial charge on any atom is 0.393 e. The molecule has 3 aliphatic heterocycles. The second-order valence-electron chi connectivity index (χ2n) is 31.6. The molecule has 0 radical (unpaired) electrons. The fourth-order valence-electron chi connectivity index (χ4n) is 16.9. The molecule has 0 bridgehead atoms. The molecule has 0 aromatic heterocycles. The van der Waals surface area contributed by atoms with E-state index in [0.717, 1.165) is 67.6 Å². The van der Waals surface area contributed by atoms with Crippen LogP contribution in [0.25, 0.3) is 0 Å². The van der Waals surface area contributed by atoms with Crippen molar-refractivity contribution < 1.29 is 70.7 Å². The number of rotatable bonds is 11. The second kappa shape index (κ2) is 37.1. The molecule has 12 amide bonds. The molecular weight excluding hydrogens is 1340 g/mol. The fraction of sp³-hybridized carbons (Fsp3) is 0.838. The lowest BCUT2D eigenvalue weighted by Crippen LogP contribution is -2.65. The number of hydrogen-bond acceptors (Lipinski definition) is 12. The predicted octanol–water partition coefficient (Wildman–Crippen LogP) is 6.87. The summed E-state index contributed by atoms with van der Waals surface area (Å²) < 4.78 is 42.2. The molecule has 0 aromatic carbocycles. The Morgan fingerprint density at radius 3 is 1.77 bits per heavy atom. The Morgan fingerprint density at radius 2 is 1.18 bits per heavy atom. The maximum absolute atomic E-state index is 15.9. The minimum Gasteiger partial charge on any atom is -0.343 e. The summed E-state index contributed by atoms with van der Waals surface area (Å²) in [6.07, 6.45) is 7.90. The summed E-state index contributed by atoms with van der Waals surface area (Å²) in [7, 11) is 10.1. The molecule has 7 aliphatic rings. The lowest BCUT2D eigenvalue weighted by molar-refractivity contribution is -0.182. The number of likely N-dealkylation sites (N-methyl/N-ethyl adjacent to an activating group) is 7. The van der Waals surface area contributed by atoms with Gasteiger partial charge in [0.2, 0.25) is 70.9 Å². The van der Waals surface area contributed by atoms with Crippen LogP contribution >= 0.6 is 11.6 Å². The zero-order valence-electron chi connectivity index (χ0n) is 62.9. The number of carbonyl (C=O) groups excluding carboxylic acids is 12. The number of fused-ring (bicyclic) bond motifs is 1. The van der Waals surface area contributed by atoms with Crippen LogP contribution in [0.1, 0.15) is 214 Å². The molecular formula is C74H120ClF3N12O12. The Balaban J connectivity index is 1.29. The Kier molecular flexibility index (Phi) is 30.2. The molecule has 12 atom stereocenters. The Morgan fingerprint density at radius 1 is 0.578 bits per heavy atom. The largest absolute Gasteiger partial charge is 0.393 e. The first-order valence-electron chi connectivity index (χ1n) is 38.2. The number of alkyl halides is 4. The van der Waals surface area contributed by atoms with Crippen LogP contribution in [0.4, 0.5) is 13.2 Å². The molecule has 0 aromatic rings. The Hall–Kier alpha value is -6.28. The van der Waals surface area contributed by atoms with Gasteiger partial charge in [-0.15, -0.1) is 11.6 Å². The molecule has 102 heavy (non-hydrogen) atoms. The van der Waals surface area contributed by atoms with Crippen molar-refractivity contribution in [3.8, 4) is 0 Å². The van der Waals surface area contributed by atoms with Gasteiger partial charge in [-0.3, -0.25) is 57.5 Å². The number of amides is 12. The minimum absolute atomic E-state index is 0.000455. The van der Waals surface area contributed by atoms with Crippen molar-refractivity contribution >= 4 is 82.5 Å². The van der Waals surface area contributed by atoms with Crippen LogP contribution in [0.5, 0.6) is 0 Å². The van der Waals surface area contributed by atoms with Crippen LogP contribution in [0.15, 0.2) is 0 Å². The number of likely N-dealkylation sites (tertiary alicyclic amines) is 1. The molecule has 4 saturated carbocycles. The number of nitrogens with zero attached hydrogens (tertiary/aromatic N) is 9. The average molecular weight is 1460 g/mol. The number of hydrogen-bond donors (Lipinski definition) is 3. The van der Waals surface area contributed by atoms with Gasteiger partial charge in [0.05, 0.1) is 25.4 Å². The Bertz CT molecular complexity index is 2960. The van der Waals surface area contributed by atoms with Crippen molar-refractivity contribution in [1.29, 1.82) is 0 Å². The normalized spacial score (nSPS) is 30.5. The summed E-state index contributed by atoms with van der Waals surface area (Å²) in [6, 6.07) is -9.83. The highest BCUT2D eigenvalue weighted by atomic mass is 35.5. The monoisotopic (exact) mass is 1460 g/mol. The molecule has 1 spiro atoms. The molecule has 28 heteroatoms. The van der Waals surface area contributed by atoms with Gasteiger partial charge in [-0.2, -0.15) is 13.2 Å². The number of nitrogens with one attached hydrogen (secondary N) is 3. The summed E-state index contributed by atoms with van der Waals surface area (Å²) in [5, 5.41) is 7.71. The number of piperidine rings is 1. The van der Waals surface area contributed by atoms with E-state index in [4.69, 9.17) is 11.6 Å².